The molecular formula is C14H13ClN4O. The van der Waals surface area contributed by atoms with Gasteiger partial charge in [-0.25, -0.2) is 0 Å². The molecule has 0 radical (unpaired) electrons. The maximum atomic E-state index is 12.4. The third-order valence-corrected chi connectivity index (χ3v) is 4.45. The number of nitrogens with one attached hydrogen (secondary N) is 1. The molecule has 0 spiro atoms. The van der Waals surface area contributed by atoms with Crippen molar-refractivity contribution < 1.29 is 4.79 Å². The Morgan fingerprint density at radius 2 is 2.20 bits per heavy atom. The lowest BCUT2D eigenvalue weighted by atomic mass is 10.0. The predicted octanol–water partition coefficient (Wildman–Crippen LogP) is 2.72. The van der Waals surface area contributed by atoms with Crippen LogP contribution in [0.5, 0.6) is 0 Å². The molecule has 6 heteroatoms. The fraction of sp³-hybridized carbons (Fsp3) is 0.429. The van der Waals surface area contributed by atoms with Crippen LogP contribution >= 0.6 is 11.6 Å². The van der Waals surface area contributed by atoms with Gasteiger partial charge in [0, 0.05) is 22.4 Å². The minimum absolute atomic E-state index is 0.0320. The van der Waals surface area contributed by atoms with Crippen LogP contribution in [0.2, 0.25) is 5.02 Å². The second-order valence-corrected chi connectivity index (χ2v) is 6.00. The number of ketones is 1. The van der Waals surface area contributed by atoms with E-state index < -0.39 is 0 Å². The van der Waals surface area contributed by atoms with Crippen molar-refractivity contribution in [2.45, 2.75) is 31.1 Å². The zero-order valence-corrected chi connectivity index (χ0v) is 11.5. The summed E-state index contributed by atoms with van der Waals surface area (Å²) in [6, 6.07) is 5.70. The van der Waals surface area contributed by atoms with E-state index in [1.54, 1.807) is 0 Å². The van der Waals surface area contributed by atoms with Gasteiger partial charge in [0.05, 0.1) is 0 Å². The summed E-state index contributed by atoms with van der Waals surface area (Å²) in [7, 11) is 0. The number of nitrogens with zero attached hydrogens (tertiary/aromatic N) is 3. The Morgan fingerprint density at radius 1 is 1.35 bits per heavy atom. The first-order valence-electron chi connectivity index (χ1n) is 6.81. The van der Waals surface area contributed by atoms with Gasteiger partial charge in [-0.1, -0.05) is 28.9 Å². The summed E-state index contributed by atoms with van der Waals surface area (Å²) in [6.45, 7) is 0. The number of carbonyl (C=O) groups excluding carboxylic acids is 1. The Bertz CT molecular complexity index is 666. The molecule has 1 heterocycles. The standard InChI is InChI=1S/C14H13ClN4O/c15-12-5-8(3-4-9(12)7-1-2-7)13(20)10-6-11(10)14-16-18-19-17-14/h3-5,7,10-11H,1-2,6H2,(H,16,17,18,19)/t10-,11-/m0/s1. The normalized spacial score (nSPS) is 24.6. The monoisotopic (exact) mass is 288 g/mol. The molecule has 0 amide bonds. The summed E-state index contributed by atoms with van der Waals surface area (Å²) in [4.78, 5) is 12.4. The van der Waals surface area contributed by atoms with Gasteiger partial charge in [0.25, 0.3) is 0 Å². The maximum Gasteiger partial charge on any atom is 0.178 e. The van der Waals surface area contributed by atoms with Gasteiger partial charge in [-0.05, 0) is 36.8 Å². The van der Waals surface area contributed by atoms with Crippen molar-refractivity contribution in [2.75, 3.05) is 0 Å². The van der Waals surface area contributed by atoms with Gasteiger partial charge in [-0.3, -0.25) is 4.79 Å². The van der Waals surface area contributed by atoms with Gasteiger partial charge in [-0.15, -0.1) is 10.2 Å². The molecule has 5 nitrogen and oxygen atoms in total. The zero-order valence-electron chi connectivity index (χ0n) is 10.7. The van der Waals surface area contributed by atoms with E-state index in [4.69, 9.17) is 11.6 Å². The van der Waals surface area contributed by atoms with Gasteiger partial charge in [-0.2, -0.15) is 5.21 Å². The number of tetrazole rings is 1. The van der Waals surface area contributed by atoms with E-state index in [0.717, 1.165) is 11.4 Å². The molecule has 2 fully saturated rings. The molecule has 20 heavy (non-hydrogen) atoms. The fourth-order valence-electron chi connectivity index (χ4n) is 2.72. The summed E-state index contributed by atoms with van der Waals surface area (Å²) in [5, 5.41) is 14.6. The second-order valence-electron chi connectivity index (χ2n) is 5.59. The number of aromatic amines is 1. The van der Waals surface area contributed by atoms with Crippen LogP contribution in [0.3, 0.4) is 0 Å². The van der Waals surface area contributed by atoms with Crippen LogP contribution in [0.25, 0.3) is 0 Å². The Balaban J connectivity index is 1.53. The first kappa shape index (κ1) is 12.0. The van der Waals surface area contributed by atoms with Crippen LogP contribution in [-0.4, -0.2) is 26.4 Å². The van der Waals surface area contributed by atoms with Gasteiger partial charge < -0.3 is 0 Å². The molecule has 0 bridgehead atoms. The number of Topliss-reactive ketones (excluding diaryl/α,β-unsaturated/α-hetero) is 1. The molecule has 1 aromatic carbocycles. The van der Waals surface area contributed by atoms with Gasteiger partial charge in [0.2, 0.25) is 0 Å². The topological polar surface area (TPSA) is 71.5 Å². The quantitative estimate of drug-likeness (QED) is 0.878. The molecule has 2 aromatic rings. The second kappa shape index (κ2) is 4.38. The summed E-state index contributed by atoms with van der Waals surface area (Å²) < 4.78 is 0. The molecule has 4 rings (SSSR count). The molecule has 2 saturated carbocycles. The zero-order chi connectivity index (χ0) is 13.7. The Labute approximate surface area is 120 Å². The number of rotatable bonds is 4. The van der Waals surface area contributed by atoms with E-state index in [1.807, 2.05) is 18.2 Å². The van der Waals surface area contributed by atoms with Gasteiger partial charge in [0.15, 0.2) is 11.6 Å². The van der Waals surface area contributed by atoms with Crippen LogP contribution in [-0.2, 0) is 0 Å². The third-order valence-electron chi connectivity index (χ3n) is 4.12. The molecule has 0 unspecified atom stereocenters. The third kappa shape index (κ3) is 2.02. The van der Waals surface area contributed by atoms with Crippen molar-refractivity contribution >= 4 is 17.4 Å². The van der Waals surface area contributed by atoms with E-state index in [0.29, 0.717) is 17.3 Å². The molecule has 102 valence electrons. The minimum Gasteiger partial charge on any atom is -0.294 e. The predicted molar refractivity (Wildman–Crippen MR) is 72.8 cm³/mol. The molecule has 2 aliphatic rings. The lowest BCUT2D eigenvalue weighted by Gasteiger charge is -2.05. The largest absolute Gasteiger partial charge is 0.294 e. The maximum absolute atomic E-state index is 12.4. The summed E-state index contributed by atoms with van der Waals surface area (Å²) in [5.74, 6) is 1.42. The molecule has 1 N–H and O–H groups in total. The van der Waals surface area contributed by atoms with Gasteiger partial charge in [0.1, 0.15) is 0 Å². The highest BCUT2D eigenvalue weighted by molar-refractivity contribution is 6.31. The molecule has 2 aliphatic carbocycles. The van der Waals surface area contributed by atoms with Crippen molar-refractivity contribution in [3.8, 4) is 0 Å². The van der Waals surface area contributed by atoms with E-state index in [1.165, 1.54) is 18.4 Å². The minimum atomic E-state index is -0.0320. The number of hydrogen-bond acceptors (Lipinski definition) is 4. The van der Waals surface area contributed by atoms with Crippen molar-refractivity contribution in [1.29, 1.82) is 0 Å². The SMILES string of the molecule is O=C(c1ccc(C2CC2)c(Cl)c1)[C@H]1C[C@@H]1c1nn[nH]n1. The highest BCUT2D eigenvalue weighted by Crippen LogP contribution is 2.48. The Hall–Kier alpha value is -1.75. The molecule has 2 atom stereocenters. The van der Waals surface area contributed by atoms with Crippen LogP contribution in [0.1, 0.15) is 52.8 Å². The Kier molecular flexibility index (Phi) is 2.63. The van der Waals surface area contributed by atoms with Crippen molar-refractivity contribution in [2.24, 2.45) is 5.92 Å². The average Bonchev–Trinajstić information content (AvgIpc) is 3.38. The average molecular weight is 289 g/mol. The lowest BCUT2D eigenvalue weighted by Crippen LogP contribution is -2.04. The van der Waals surface area contributed by atoms with Crippen molar-refractivity contribution in [3.05, 3.63) is 40.2 Å². The fourth-order valence-corrected chi connectivity index (χ4v) is 3.05. The number of halogens is 1. The van der Waals surface area contributed by atoms with Crippen LogP contribution in [0.4, 0.5) is 0 Å². The van der Waals surface area contributed by atoms with E-state index in [9.17, 15) is 4.79 Å². The first-order valence-corrected chi connectivity index (χ1v) is 7.19. The molecule has 0 saturated heterocycles. The summed E-state index contributed by atoms with van der Waals surface area (Å²) in [6.07, 6.45) is 3.20. The van der Waals surface area contributed by atoms with E-state index in [-0.39, 0.29) is 17.6 Å². The van der Waals surface area contributed by atoms with E-state index in [2.05, 4.69) is 20.6 Å². The molecule has 1 aromatic heterocycles. The molecule has 0 aliphatic heterocycles. The first-order chi connectivity index (χ1) is 9.74. The lowest BCUT2D eigenvalue weighted by molar-refractivity contribution is 0.0965. The number of hydrogen-bond donors (Lipinski definition) is 1. The highest BCUT2D eigenvalue weighted by Gasteiger charge is 2.46. The highest BCUT2D eigenvalue weighted by atomic mass is 35.5. The smallest absolute Gasteiger partial charge is 0.178 e. The number of carbonyl (C=O) groups is 1. The number of H-pyrrole nitrogens is 1. The van der Waals surface area contributed by atoms with Crippen LogP contribution in [0.15, 0.2) is 18.2 Å². The van der Waals surface area contributed by atoms with E-state index >= 15 is 0 Å². The summed E-state index contributed by atoms with van der Waals surface area (Å²) >= 11 is 6.28. The van der Waals surface area contributed by atoms with Crippen LogP contribution in [0, 0.1) is 5.92 Å². The number of aromatic nitrogens is 4. The number of benzene rings is 1. The van der Waals surface area contributed by atoms with Crippen LogP contribution < -0.4 is 0 Å². The van der Waals surface area contributed by atoms with Gasteiger partial charge >= 0.3 is 0 Å². The van der Waals surface area contributed by atoms with Crippen molar-refractivity contribution in [1.82, 2.24) is 20.6 Å². The van der Waals surface area contributed by atoms with Crippen molar-refractivity contribution in [3.63, 3.8) is 0 Å². The Morgan fingerprint density at radius 3 is 2.85 bits per heavy atom. The molecular weight excluding hydrogens is 276 g/mol. The summed E-state index contributed by atoms with van der Waals surface area (Å²) in [5.41, 5.74) is 1.86.